The molecule has 1 rings (SSSR count). The number of benzene rings is 1. The summed E-state index contributed by atoms with van der Waals surface area (Å²) in [6.07, 6.45) is 0. The molecule has 0 spiro atoms. The summed E-state index contributed by atoms with van der Waals surface area (Å²) in [4.78, 5) is 23.0. The topological polar surface area (TPSA) is 82.1 Å². The molecule has 0 fully saturated rings. The molecule has 0 aromatic heterocycles. The van der Waals surface area contributed by atoms with Crippen LogP contribution in [0, 0.1) is 0 Å². The maximum Gasteiger partial charge on any atom is 0.342 e. The van der Waals surface area contributed by atoms with Crippen LogP contribution in [0.1, 0.15) is 20.7 Å². The highest BCUT2D eigenvalue weighted by Gasteiger charge is 2.24. The second-order valence-corrected chi connectivity index (χ2v) is 3.05. The minimum Gasteiger partial charge on any atom is -0.508 e. The predicted molar refractivity (Wildman–Crippen MR) is 57.3 cm³/mol. The van der Waals surface area contributed by atoms with E-state index in [0.717, 1.165) is 6.07 Å². The summed E-state index contributed by atoms with van der Waals surface area (Å²) in [5.41, 5.74) is -0.198. The van der Waals surface area contributed by atoms with E-state index in [1.165, 1.54) is 27.4 Å². The van der Waals surface area contributed by atoms with Crippen molar-refractivity contribution in [1.29, 1.82) is 0 Å². The van der Waals surface area contributed by atoms with Crippen molar-refractivity contribution >= 4 is 11.9 Å². The number of phenols is 1. The summed E-state index contributed by atoms with van der Waals surface area (Å²) < 4.78 is 14.0. The first-order chi connectivity index (χ1) is 8.04. The highest BCUT2D eigenvalue weighted by molar-refractivity contribution is 6.05. The van der Waals surface area contributed by atoms with Gasteiger partial charge in [0.1, 0.15) is 17.1 Å². The molecule has 6 nitrogen and oxygen atoms in total. The number of hydrogen-bond acceptors (Lipinski definition) is 6. The van der Waals surface area contributed by atoms with Crippen LogP contribution in [0.4, 0.5) is 0 Å². The quantitative estimate of drug-likeness (QED) is 0.793. The molecule has 0 aliphatic heterocycles. The molecule has 6 heteroatoms. The van der Waals surface area contributed by atoms with Gasteiger partial charge >= 0.3 is 11.9 Å². The van der Waals surface area contributed by atoms with Crippen LogP contribution in [0.5, 0.6) is 11.5 Å². The molecule has 17 heavy (non-hydrogen) atoms. The van der Waals surface area contributed by atoms with E-state index < -0.39 is 11.9 Å². The molecule has 1 aromatic carbocycles. The number of methoxy groups -OCH3 is 3. The molecule has 92 valence electrons. The molecule has 1 N–H and O–H groups in total. The lowest BCUT2D eigenvalue weighted by Crippen LogP contribution is -2.13. The Morgan fingerprint density at radius 1 is 1.06 bits per heavy atom. The van der Waals surface area contributed by atoms with E-state index in [0.29, 0.717) is 0 Å². The Labute approximate surface area is 97.7 Å². The smallest absolute Gasteiger partial charge is 0.342 e. The second kappa shape index (κ2) is 5.20. The lowest BCUT2D eigenvalue weighted by Gasteiger charge is -2.11. The van der Waals surface area contributed by atoms with Crippen molar-refractivity contribution in [2.75, 3.05) is 21.3 Å². The van der Waals surface area contributed by atoms with Crippen LogP contribution in [0.3, 0.4) is 0 Å². The van der Waals surface area contributed by atoms with Crippen molar-refractivity contribution in [3.05, 3.63) is 23.3 Å². The van der Waals surface area contributed by atoms with Gasteiger partial charge in [-0.3, -0.25) is 0 Å². The number of hydrogen-bond donors (Lipinski definition) is 1. The zero-order chi connectivity index (χ0) is 13.0. The van der Waals surface area contributed by atoms with E-state index in [9.17, 15) is 14.7 Å². The average Bonchev–Trinajstić information content (AvgIpc) is 2.35. The zero-order valence-electron chi connectivity index (χ0n) is 9.64. The Morgan fingerprint density at radius 2 is 1.65 bits per heavy atom. The molecule has 0 atom stereocenters. The van der Waals surface area contributed by atoms with E-state index in [-0.39, 0.29) is 22.6 Å². The number of ether oxygens (including phenoxy) is 3. The molecular weight excluding hydrogens is 228 g/mol. The summed E-state index contributed by atoms with van der Waals surface area (Å²) in [5.74, 6) is -1.69. The summed E-state index contributed by atoms with van der Waals surface area (Å²) in [5, 5.41) is 9.41. The van der Waals surface area contributed by atoms with Crippen LogP contribution in [0.2, 0.25) is 0 Å². The van der Waals surface area contributed by atoms with Crippen molar-refractivity contribution in [2.45, 2.75) is 0 Å². The van der Waals surface area contributed by atoms with Crippen molar-refractivity contribution < 1.29 is 28.9 Å². The van der Waals surface area contributed by atoms with Gasteiger partial charge in [-0.25, -0.2) is 9.59 Å². The maximum atomic E-state index is 11.6. The molecule has 0 bridgehead atoms. The monoisotopic (exact) mass is 240 g/mol. The molecule has 0 aliphatic rings. The zero-order valence-corrected chi connectivity index (χ0v) is 9.64. The summed E-state index contributed by atoms with van der Waals surface area (Å²) in [6.45, 7) is 0. The first-order valence-corrected chi connectivity index (χ1v) is 4.62. The Bertz CT molecular complexity index is 452. The molecule has 0 saturated carbocycles. The molecule has 0 amide bonds. The fourth-order valence-corrected chi connectivity index (χ4v) is 1.35. The lowest BCUT2D eigenvalue weighted by atomic mass is 10.1. The normalized spacial score (nSPS) is 9.59. The Kier molecular flexibility index (Phi) is 3.92. The molecule has 0 aliphatic carbocycles. The van der Waals surface area contributed by atoms with Gasteiger partial charge in [-0.15, -0.1) is 0 Å². The number of carbonyl (C=O) groups is 2. The highest BCUT2D eigenvalue weighted by Crippen LogP contribution is 2.29. The molecule has 1 aromatic rings. The van der Waals surface area contributed by atoms with Gasteiger partial charge in [0.2, 0.25) is 0 Å². The number of aromatic hydroxyl groups is 1. The Hall–Kier alpha value is -2.24. The highest BCUT2D eigenvalue weighted by atomic mass is 16.5. The van der Waals surface area contributed by atoms with Crippen LogP contribution < -0.4 is 4.74 Å². The largest absolute Gasteiger partial charge is 0.508 e. The summed E-state index contributed by atoms with van der Waals surface area (Å²) >= 11 is 0. The second-order valence-electron chi connectivity index (χ2n) is 3.05. The average molecular weight is 240 g/mol. The van der Waals surface area contributed by atoms with Crippen LogP contribution in [-0.4, -0.2) is 38.4 Å². The number of carbonyl (C=O) groups excluding carboxylic acids is 2. The van der Waals surface area contributed by atoms with Crippen molar-refractivity contribution in [1.82, 2.24) is 0 Å². The van der Waals surface area contributed by atoms with Gasteiger partial charge in [0, 0.05) is 6.07 Å². The first kappa shape index (κ1) is 12.8. The van der Waals surface area contributed by atoms with Crippen LogP contribution in [0.25, 0.3) is 0 Å². The van der Waals surface area contributed by atoms with Crippen LogP contribution in [-0.2, 0) is 9.47 Å². The van der Waals surface area contributed by atoms with E-state index >= 15 is 0 Å². The lowest BCUT2D eigenvalue weighted by molar-refractivity contribution is 0.0551. The minimum atomic E-state index is -0.764. The third-order valence-corrected chi connectivity index (χ3v) is 2.10. The van der Waals surface area contributed by atoms with Gasteiger partial charge in [0.25, 0.3) is 0 Å². The number of phenolic OH excluding ortho intramolecular Hbond substituents is 1. The van der Waals surface area contributed by atoms with Gasteiger partial charge < -0.3 is 19.3 Å². The molecule has 0 saturated heterocycles. The van der Waals surface area contributed by atoms with Gasteiger partial charge in [0.15, 0.2) is 0 Å². The van der Waals surface area contributed by atoms with E-state index in [1.807, 2.05) is 0 Å². The maximum absolute atomic E-state index is 11.6. The fraction of sp³-hybridized carbons (Fsp3) is 0.273. The SMILES string of the molecule is COC(=O)c1cc(O)cc(OC)c1C(=O)OC. The fourth-order valence-electron chi connectivity index (χ4n) is 1.35. The predicted octanol–water partition coefficient (Wildman–Crippen LogP) is 0.974. The van der Waals surface area contributed by atoms with Gasteiger partial charge in [-0.2, -0.15) is 0 Å². The number of rotatable bonds is 3. The first-order valence-electron chi connectivity index (χ1n) is 4.62. The summed E-state index contributed by atoms with van der Waals surface area (Å²) in [7, 11) is 3.65. The minimum absolute atomic E-state index is 0.0391. The molecular formula is C11H12O6. The molecule has 0 radical (unpaired) electrons. The van der Waals surface area contributed by atoms with Crippen molar-refractivity contribution in [2.24, 2.45) is 0 Å². The standard InChI is InChI=1S/C11H12O6/c1-15-8-5-6(12)4-7(10(13)16-2)9(8)11(14)17-3/h4-5,12H,1-3H3. The van der Waals surface area contributed by atoms with E-state index in [2.05, 4.69) is 9.47 Å². The third kappa shape index (κ3) is 2.47. The van der Waals surface area contributed by atoms with E-state index in [1.54, 1.807) is 0 Å². The van der Waals surface area contributed by atoms with Gasteiger partial charge in [-0.05, 0) is 6.07 Å². The van der Waals surface area contributed by atoms with Crippen LogP contribution >= 0.6 is 0 Å². The van der Waals surface area contributed by atoms with Crippen molar-refractivity contribution in [3.8, 4) is 11.5 Å². The van der Waals surface area contributed by atoms with Gasteiger partial charge in [-0.1, -0.05) is 0 Å². The van der Waals surface area contributed by atoms with Gasteiger partial charge in [0.05, 0.1) is 26.9 Å². The molecule has 0 heterocycles. The third-order valence-electron chi connectivity index (χ3n) is 2.10. The van der Waals surface area contributed by atoms with Crippen molar-refractivity contribution in [3.63, 3.8) is 0 Å². The number of esters is 2. The Morgan fingerprint density at radius 3 is 2.12 bits per heavy atom. The summed E-state index contributed by atoms with van der Waals surface area (Å²) in [6, 6.07) is 2.32. The molecule has 0 unspecified atom stereocenters. The van der Waals surface area contributed by atoms with E-state index in [4.69, 9.17) is 4.74 Å². The Balaban J connectivity index is 3.49. The van der Waals surface area contributed by atoms with Crippen LogP contribution in [0.15, 0.2) is 12.1 Å².